The van der Waals surface area contributed by atoms with E-state index in [1.807, 2.05) is 18.2 Å². The highest BCUT2D eigenvalue weighted by Gasteiger charge is 2.17. The summed E-state index contributed by atoms with van der Waals surface area (Å²) in [6, 6.07) is 6.03. The number of rotatable bonds is 6. The van der Waals surface area contributed by atoms with E-state index in [0.717, 1.165) is 24.8 Å². The molecule has 4 heteroatoms. The lowest BCUT2D eigenvalue weighted by Gasteiger charge is -2.24. The van der Waals surface area contributed by atoms with Gasteiger partial charge in [-0.1, -0.05) is 56.0 Å². The van der Waals surface area contributed by atoms with E-state index in [-0.39, 0.29) is 6.04 Å². The van der Waals surface area contributed by atoms with Crippen molar-refractivity contribution in [2.24, 2.45) is 11.8 Å². The van der Waals surface area contributed by atoms with E-state index in [9.17, 15) is 0 Å². The van der Waals surface area contributed by atoms with Crippen LogP contribution in [0.25, 0.3) is 0 Å². The third kappa shape index (κ3) is 4.14. The number of nitrogens with two attached hydrogens (primary N) is 1. The number of benzene rings is 1. The van der Waals surface area contributed by atoms with Gasteiger partial charge in [-0.05, 0) is 30.0 Å². The van der Waals surface area contributed by atoms with Crippen LogP contribution in [0, 0.1) is 5.92 Å². The van der Waals surface area contributed by atoms with Gasteiger partial charge in [-0.2, -0.15) is 0 Å². The zero-order valence-electron chi connectivity index (χ0n) is 10.3. The quantitative estimate of drug-likeness (QED) is 0.612. The molecule has 0 amide bonds. The van der Waals surface area contributed by atoms with Crippen molar-refractivity contribution < 1.29 is 0 Å². The molecule has 17 heavy (non-hydrogen) atoms. The van der Waals surface area contributed by atoms with E-state index >= 15 is 0 Å². The van der Waals surface area contributed by atoms with E-state index in [1.165, 1.54) is 0 Å². The molecule has 0 aliphatic rings. The first-order valence-corrected chi connectivity index (χ1v) is 6.78. The summed E-state index contributed by atoms with van der Waals surface area (Å²) in [6.07, 6.45) is 3.11. The van der Waals surface area contributed by atoms with Crippen molar-refractivity contribution in [2.75, 3.05) is 0 Å². The second-order valence-electron chi connectivity index (χ2n) is 4.30. The molecule has 0 aliphatic heterocycles. The number of nitrogens with one attached hydrogen (secondary N) is 1. The highest BCUT2D eigenvalue weighted by atomic mass is 35.5. The zero-order valence-corrected chi connectivity index (χ0v) is 11.9. The second kappa shape index (κ2) is 7.22. The van der Waals surface area contributed by atoms with E-state index in [0.29, 0.717) is 16.0 Å². The van der Waals surface area contributed by atoms with E-state index in [1.54, 1.807) is 0 Å². The summed E-state index contributed by atoms with van der Waals surface area (Å²) in [4.78, 5) is 0. The van der Waals surface area contributed by atoms with E-state index in [4.69, 9.17) is 29.0 Å². The normalized spacial score (nSPS) is 13.1. The van der Waals surface area contributed by atoms with Crippen molar-refractivity contribution in [3.63, 3.8) is 0 Å². The summed E-state index contributed by atoms with van der Waals surface area (Å²) in [7, 11) is 0. The fourth-order valence-corrected chi connectivity index (χ4v) is 2.46. The summed E-state index contributed by atoms with van der Waals surface area (Å²) in [5.74, 6) is 6.21. The van der Waals surface area contributed by atoms with Gasteiger partial charge in [0.15, 0.2) is 0 Å². The van der Waals surface area contributed by atoms with E-state index < -0.39 is 0 Å². The summed E-state index contributed by atoms with van der Waals surface area (Å²) < 4.78 is 0. The molecule has 0 bridgehead atoms. The number of halogens is 2. The maximum absolute atomic E-state index is 6.00. The fourth-order valence-electron chi connectivity index (χ4n) is 2.14. The first-order chi connectivity index (χ1) is 8.12. The zero-order chi connectivity index (χ0) is 12.8. The number of hydrogen-bond acceptors (Lipinski definition) is 2. The molecule has 0 fully saturated rings. The van der Waals surface area contributed by atoms with Crippen molar-refractivity contribution in [3.05, 3.63) is 33.8 Å². The Balaban J connectivity index is 2.76. The van der Waals surface area contributed by atoms with Crippen LogP contribution in [-0.4, -0.2) is 6.04 Å². The Labute approximate surface area is 113 Å². The Morgan fingerprint density at radius 2 is 1.82 bits per heavy atom. The van der Waals surface area contributed by atoms with Crippen molar-refractivity contribution in [2.45, 2.75) is 39.2 Å². The Morgan fingerprint density at radius 3 is 2.29 bits per heavy atom. The molecule has 1 atom stereocenters. The molecule has 0 saturated carbocycles. The Kier molecular flexibility index (Phi) is 6.28. The minimum Gasteiger partial charge on any atom is -0.271 e. The molecule has 96 valence electrons. The summed E-state index contributed by atoms with van der Waals surface area (Å²) in [5.41, 5.74) is 4.07. The van der Waals surface area contributed by atoms with Gasteiger partial charge in [0.05, 0.1) is 10.0 Å². The van der Waals surface area contributed by atoms with Gasteiger partial charge in [-0.15, -0.1) is 0 Å². The smallest absolute Gasteiger partial charge is 0.0595 e. The molecule has 1 aromatic carbocycles. The topological polar surface area (TPSA) is 38.0 Å². The molecule has 1 unspecified atom stereocenters. The predicted molar refractivity (Wildman–Crippen MR) is 75.3 cm³/mol. The van der Waals surface area contributed by atoms with Crippen molar-refractivity contribution in [3.8, 4) is 0 Å². The molecule has 0 radical (unpaired) electrons. The molecule has 1 rings (SSSR count). The van der Waals surface area contributed by atoms with E-state index in [2.05, 4.69) is 19.3 Å². The standard InChI is InChI=1S/C13H20Cl2N2/c1-3-10(4-2)13(17-16)8-9-5-6-11(14)12(15)7-9/h5-7,10,13,17H,3-4,8,16H2,1-2H3. The van der Waals surface area contributed by atoms with Crippen LogP contribution in [0.15, 0.2) is 18.2 Å². The van der Waals surface area contributed by atoms with Crippen molar-refractivity contribution in [1.82, 2.24) is 5.43 Å². The highest BCUT2D eigenvalue weighted by molar-refractivity contribution is 6.42. The van der Waals surface area contributed by atoms with Crippen LogP contribution in [0.1, 0.15) is 32.3 Å². The molecule has 0 aliphatic carbocycles. The largest absolute Gasteiger partial charge is 0.271 e. The summed E-state index contributed by atoms with van der Waals surface area (Å²) >= 11 is 11.9. The lowest BCUT2D eigenvalue weighted by Crippen LogP contribution is -2.42. The minimum absolute atomic E-state index is 0.280. The number of hydrogen-bond donors (Lipinski definition) is 2. The van der Waals surface area contributed by atoms with Gasteiger partial charge < -0.3 is 0 Å². The molecule has 2 nitrogen and oxygen atoms in total. The fraction of sp³-hybridized carbons (Fsp3) is 0.538. The highest BCUT2D eigenvalue weighted by Crippen LogP contribution is 2.24. The third-order valence-electron chi connectivity index (χ3n) is 3.27. The molecule has 0 aromatic heterocycles. The lowest BCUT2D eigenvalue weighted by molar-refractivity contribution is 0.335. The van der Waals surface area contributed by atoms with Gasteiger partial charge in [0.2, 0.25) is 0 Å². The van der Waals surface area contributed by atoms with Crippen LogP contribution in [0.4, 0.5) is 0 Å². The SMILES string of the molecule is CCC(CC)C(Cc1ccc(Cl)c(Cl)c1)NN. The lowest BCUT2D eigenvalue weighted by atomic mass is 9.90. The summed E-state index contributed by atoms with van der Waals surface area (Å²) in [6.45, 7) is 4.38. The molecule has 0 saturated heterocycles. The first kappa shape index (κ1) is 14.8. The minimum atomic E-state index is 0.280. The average Bonchev–Trinajstić information content (AvgIpc) is 2.33. The molecular formula is C13H20Cl2N2. The van der Waals surface area contributed by atoms with Crippen LogP contribution in [0.5, 0.6) is 0 Å². The Morgan fingerprint density at radius 1 is 1.18 bits per heavy atom. The van der Waals surface area contributed by atoms with Gasteiger partial charge in [-0.3, -0.25) is 11.3 Å². The van der Waals surface area contributed by atoms with Gasteiger partial charge in [0, 0.05) is 6.04 Å². The van der Waals surface area contributed by atoms with Gasteiger partial charge in [-0.25, -0.2) is 0 Å². The molecule has 3 N–H and O–H groups in total. The molecule has 1 aromatic rings. The maximum atomic E-state index is 6.00. The number of hydrazine groups is 1. The van der Waals surface area contributed by atoms with Crippen molar-refractivity contribution >= 4 is 23.2 Å². The first-order valence-electron chi connectivity index (χ1n) is 6.02. The Hall–Kier alpha value is -0.280. The maximum Gasteiger partial charge on any atom is 0.0595 e. The van der Waals surface area contributed by atoms with Crippen LogP contribution in [0.2, 0.25) is 10.0 Å². The predicted octanol–water partition coefficient (Wildman–Crippen LogP) is 3.80. The third-order valence-corrected chi connectivity index (χ3v) is 4.01. The van der Waals surface area contributed by atoms with Crippen LogP contribution < -0.4 is 11.3 Å². The van der Waals surface area contributed by atoms with Crippen LogP contribution >= 0.6 is 23.2 Å². The molecule has 0 spiro atoms. The van der Waals surface area contributed by atoms with Gasteiger partial charge >= 0.3 is 0 Å². The Bertz CT molecular complexity index is 351. The molecule has 0 heterocycles. The average molecular weight is 275 g/mol. The van der Waals surface area contributed by atoms with Gasteiger partial charge in [0.1, 0.15) is 0 Å². The van der Waals surface area contributed by atoms with Gasteiger partial charge in [0.25, 0.3) is 0 Å². The molecular weight excluding hydrogens is 255 g/mol. The van der Waals surface area contributed by atoms with Crippen molar-refractivity contribution in [1.29, 1.82) is 0 Å². The summed E-state index contributed by atoms with van der Waals surface area (Å²) in [5, 5.41) is 1.19. The van der Waals surface area contributed by atoms with Crippen LogP contribution in [0.3, 0.4) is 0 Å². The van der Waals surface area contributed by atoms with Crippen LogP contribution in [-0.2, 0) is 6.42 Å². The monoisotopic (exact) mass is 274 g/mol. The second-order valence-corrected chi connectivity index (χ2v) is 5.12.